The minimum atomic E-state index is -1.91. The van der Waals surface area contributed by atoms with Crippen molar-refractivity contribution in [2.24, 2.45) is 0 Å². The summed E-state index contributed by atoms with van der Waals surface area (Å²) in [5, 5.41) is 24.1. The molecule has 2 aliphatic rings. The van der Waals surface area contributed by atoms with E-state index in [1.165, 1.54) is 38.7 Å². The van der Waals surface area contributed by atoms with E-state index in [1.54, 1.807) is 6.08 Å². The number of aliphatic hydroxyl groups excluding tert-OH is 1. The van der Waals surface area contributed by atoms with Crippen LogP contribution in [0.2, 0.25) is 0 Å². The molecule has 5 unspecified atom stereocenters. The zero-order chi connectivity index (χ0) is 22.2. The number of nitrogens with one attached hydrogen (secondary N) is 1. The fraction of sp³-hybridized carbons (Fsp3) is 0.652. The van der Waals surface area contributed by atoms with Gasteiger partial charge in [0, 0.05) is 13.5 Å². The van der Waals surface area contributed by atoms with Crippen molar-refractivity contribution in [3.8, 4) is 0 Å². The second-order valence-corrected chi connectivity index (χ2v) is 8.14. The van der Waals surface area contributed by atoms with Gasteiger partial charge in [0.25, 0.3) is 0 Å². The van der Waals surface area contributed by atoms with Gasteiger partial charge in [0.1, 0.15) is 11.7 Å². The molecule has 0 aromatic carbocycles. The Morgan fingerprint density at radius 3 is 2.60 bits per heavy atom. The van der Waals surface area contributed by atoms with Gasteiger partial charge < -0.3 is 25.0 Å². The summed E-state index contributed by atoms with van der Waals surface area (Å²) in [6.07, 6.45) is 14.3. The van der Waals surface area contributed by atoms with Crippen molar-refractivity contribution in [2.45, 2.75) is 88.4 Å². The molecular weight excluding hydrogens is 386 g/mol. The lowest BCUT2D eigenvalue weighted by atomic mass is 9.68. The van der Waals surface area contributed by atoms with Gasteiger partial charge in [-0.15, -0.1) is 0 Å². The van der Waals surface area contributed by atoms with E-state index in [1.807, 2.05) is 6.92 Å². The first kappa shape index (κ1) is 24.5. The van der Waals surface area contributed by atoms with Crippen LogP contribution in [0.3, 0.4) is 0 Å². The molecule has 5 atom stereocenters. The van der Waals surface area contributed by atoms with Crippen LogP contribution in [-0.2, 0) is 19.1 Å². The van der Waals surface area contributed by atoms with Crippen LogP contribution in [0.1, 0.15) is 58.8 Å². The molecule has 168 valence electrons. The highest BCUT2D eigenvalue weighted by molar-refractivity contribution is 5.99. The highest BCUT2D eigenvalue weighted by Crippen LogP contribution is 2.44. The van der Waals surface area contributed by atoms with Gasteiger partial charge in [-0.05, 0) is 57.8 Å². The summed E-state index contributed by atoms with van der Waals surface area (Å²) in [5.74, 6) is -0.931. The summed E-state index contributed by atoms with van der Waals surface area (Å²) in [7, 11) is 1.44. The molecule has 1 aliphatic carbocycles. The van der Waals surface area contributed by atoms with Gasteiger partial charge in [0.05, 0.1) is 6.04 Å². The molecule has 0 spiro atoms. The van der Waals surface area contributed by atoms with Gasteiger partial charge in [-0.1, -0.05) is 31.1 Å². The van der Waals surface area contributed by atoms with Crippen LogP contribution in [0, 0.1) is 0 Å². The fourth-order valence-electron chi connectivity index (χ4n) is 4.09. The molecule has 1 fully saturated rings. The van der Waals surface area contributed by atoms with Crippen molar-refractivity contribution < 1.29 is 29.3 Å². The summed E-state index contributed by atoms with van der Waals surface area (Å²) in [6, 6.07) is -0.917. The molecule has 0 radical (unpaired) electrons. The first-order valence-corrected chi connectivity index (χ1v) is 10.7. The van der Waals surface area contributed by atoms with E-state index in [9.17, 15) is 19.8 Å². The monoisotopic (exact) mass is 421 g/mol. The van der Waals surface area contributed by atoms with Crippen LogP contribution < -0.4 is 5.32 Å². The summed E-state index contributed by atoms with van der Waals surface area (Å²) in [5.41, 5.74) is -3.35. The Morgan fingerprint density at radius 1 is 1.30 bits per heavy atom. The molecule has 0 bridgehead atoms. The Bertz CT molecular complexity index is 687. The molecule has 2 rings (SSSR count). The molecule has 0 aromatic heterocycles. The first-order valence-electron chi connectivity index (χ1n) is 10.7. The number of hydrogen-bond acceptors (Lipinski definition) is 6. The maximum absolute atomic E-state index is 12.4. The second kappa shape index (κ2) is 11.0. The number of amides is 1. The summed E-state index contributed by atoms with van der Waals surface area (Å²) >= 11 is 0. The van der Waals surface area contributed by atoms with E-state index in [2.05, 4.69) is 17.5 Å². The zero-order valence-corrected chi connectivity index (χ0v) is 18.2. The van der Waals surface area contributed by atoms with Gasteiger partial charge >= 0.3 is 0 Å². The van der Waals surface area contributed by atoms with Crippen LogP contribution in [-0.4, -0.2) is 58.7 Å². The van der Waals surface area contributed by atoms with Gasteiger partial charge in [0.15, 0.2) is 17.7 Å². The third kappa shape index (κ3) is 5.46. The number of methoxy groups -OCH3 is 1. The number of carbonyl (C=O) groups excluding carboxylic acids is 2. The van der Waals surface area contributed by atoms with Gasteiger partial charge in [0.2, 0.25) is 5.91 Å². The normalized spacial score (nSPS) is 33.9. The average Bonchev–Trinajstić information content (AvgIpc) is 2.70. The minimum Gasteiger partial charge on any atom is -0.378 e. The Kier molecular flexibility index (Phi) is 8.97. The quantitative estimate of drug-likeness (QED) is 0.284. The first-order chi connectivity index (χ1) is 14.3. The van der Waals surface area contributed by atoms with Crippen molar-refractivity contribution in [3.05, 3.63) is 36.5 Å². The Morgan fingerprint density at radius 2 is 1.97 bits per heavy atom. The van der Waals surface area contributed by atoms with Crippen molar-refractivity contribution in [1.82, 2.24) is 5.32 Å². The number of fused-ring (bicyclic) bond motifs is 1. The number of aliphatic hydroxyl groups is 2. The predicted molar refractivity (Wildman–Crippen MR) is 114 cm³/mol. The number of hydrogen-bond donors (Lipinski definition) is 3. The lowest BCUT2D eigenvalue weighted by Crippen LogP contribution is -2.73. The summed E-state index contributed by atoms with van der Waals surface area (Å²) < 4.78 is 10.9. The van der Waals surface area contributed by atoms with E-state index in [4.69, 9.17) is 9.47 Å². The van der Waals surface area contributed by atoms with Crippen molar-refractivity contribution in [2.75, 3.05) is 7.11 Å². The van der Waals surface area contributed by atoms with Gasteiger partial charge in [-0.2, -0.15) is 0 Å². The maximum Gasteiger partial charge on any atom is 0.244 e. The molecule has 30 heavy (non-hydrogen) atoms. The van der Waals surface area contributed by atoms with Crippen molar-refractivity contribution >= 4 is 11.7 Å². The third-order valence-electron chi connectivity index (χ3n) is 6.00. The molecule has 1 heterocycles. The Balaban J connectivity index is 1.85. The van der Waals surface area contributed by atoms with E-state index in [0.29, 0.717) is 0 Å². The van der Waals surface area contributed by atoms with E-state index < -0.39 is 41.3 Å². The van der Waals surface area contributed by atoms with Crippen LogP contribution in [0.4, 0.5) is 0 Å². The third-order valence-corrected chi connectivity index (χ3v) is 6.00. The predicted octanol–water partition coefficient (Wildman–Crippen LogP) is 2.33. The Labute approximate surface area is 178 Å². The molecule has 0 aromatic rings. The number of unbranched alkanes of at least 4 members (excludes halogenated alkanes) is 5. The highest BCUT2D eigenvalue weighted by Gasteiger charge is 2.64. The fourth-order valence-corrected chi connectivity index (χ4v) is 4.09. The van der Waals surface area contributed by atoms with Crippen LogP contribution >= 0.6 is 0 Å². The zero-order valence-electron chi connectivity index (χ0n) is 18.2. The molecular formula is C23H35NO6. The summed E-state index contributed by atoms with van der Waals surface area (Å²) in [4.78, 5) is 24.7. The SMILES string of the molecule is CC=CCCCCCCC=CC(=O)NC1CC2(O)C(=O)C=CC(OC)C2(C)OC1O. The molecule has 3 N–H and O–H groups in total. The number of ether oxygens (including phenoxy) is 2. The lowest BCUT2D eigenvalue weighted by molar-refractivity contribution is -0.305. The molecule has 1 saturated heterocycles. The summed E-state index contributed by atoms with van der Waals surface area (Å²) in [6.45, 7) is 3.55. The highest BCUT2D eigenvalue weighted by atomic mass is 16.6. The minimum absolute atomic E-state index is 0.167. The number of carbonyl (C=O) groups is 2. The molecule has 0 saturated carbocycles. The smallest absolute Gasteiger partial charge is 0.244 e. The number of rotatable bonds is 10. The van der Waals surface area contributed by atoms with E-state index in [-0.39, 0.29) is 6.42 Å². The van der Waals surface area contributed by atoms with Crippen LogP contribution in [0.5, 0.6) is 0 Å². The molecule has 1 amide bonds. The van der Waals surface area contributed by atoms with Gasteiger partial charge in [-0.25, -0.2) is 0 Å². The van der Waals surface area contributed by atoms with E-state index in [0.717, 1.165) is 32.1 Å². The van der Waals surface area contributed by atoms with E-state index >= 15 is 0 Å². The van der Waals surface area contributed by atoms with Crippen LogP contribution in [0.15, 0.2) is 36.5 Å². The topological polar surface area (TPSA) is 105 Å². The van der Waals surface area contributed by atoms with Gasteiger partial charge in [-0.3, -0.25) is 9.59 Å². The molecule has 7 heteroatoms. The standard InChI is InChI=1S/C23H35NO6/c1-4-5-6-7-8-9-10-11-12-13-20(26)24-17-16-23(28)18(25)14-15-19(29-3)22(23,2)30-21(17)27/h4-5,12-15,17,19,21,27-28H,6-11,16H2,1-3H3,(H,24,26). The van der Waals surface area contributed by atoms with Crippen molar-refractivity contribution in [3.63, 3.8) is 0 Å². The lowest BCUT2D eigenvalue weighted by Gasteiger charge is -2.54. The largest absolute Gasteiger partial charge is 0.378 e. The molecule has 7 nitrogen and oxygen atoms in total. The van der Waals surface area contributed by atoms with Crippen molar-refractivity contribution in [1.29, 1.82) is 0 Å². The maximum atomic E-state index is 12.4. The number of allylic oxidation sites excluding steroid dienone is 3. The average molecular weight is 422 g/mol. The molecule has 1 aliphatic heterocycles. The second-order valence-electron chi connectivity index (χ2n) is 8.14. The number of ketones is 1. The Hall–Kier alpha value is -1.80. The van der Waals surface area contributed by atoms with Crippen LogP contribution in [0.25, 0.3) is 0 Å².